The Kier molecular flexibility index (Phi) is 6.05. The molecule has 0 saturated heterocycles. The summed E-state index contributed by atoms with van der Waals surface area (Å²) in [6.45, 7) is 3.95. The molecule has 1 aliphatic carbocycles. The van der Waals surface area contributed by atoms with E-state index < -0.39 is 0 Å². The zero-order chi connectivity index (χ0) is 21.3. The number of nitrogens with zero attached hydrogens (tertiary/aromatic N) is 1. The minimum absolute atomic E-state index is 0.0369. The third-order valence-electron chi connectivity index (χ3n) is 6.51. The van der Waals surface area contributed by atoms with Crippen molar-refractivity contribution in [2.24, 2.45) is 11.8 Å². The molecule has 1 amide bonds. The highest BCUT2D eigenvalue weighted by atomic mass is 35.5. The number of aryl methyl sites for hydroxylation is 1. The van der Waals surface area contributed by atoms with Crippen LogP contribution >= 0.6 is 11.6 Å². The van der Waals surface area contributed by atoms with Gasteiger partial charge in [0.25, 0.3) is 0 Å². The number of hydrogen-bond donors (Lipinski definition) is 1. The molecular formula is C25H26ClFN2O. The molecule has 1 fully saturated rings. The van der Waals surface area contributed by atoms with Gasteiger partial charge in [0.15, 0.2) is 0 Å². The smallest absolute Gasteiger partial charge is 0.227 e. The molecule has 5 heteroatoms. The Morgan fingerprint density at radius 3 is 2.63 bits per heavy atom. The normalized spacial score (nSPS) is 20.1. The maximum atomic E-state index is 13.8. The number of amides is 1. The van der Waals surface area contributed by atoms with E-state index in [1.54, 1.807) is 18.2 Å². The Morgan fingerprint density at radius 2 is 1.90 bits per heavy atom. The predicted octanol–water partition coefficient (Wildman–Crippen LogP) is 6.88. The van der Waals surface area contributed by atoms with Gasteiger partial charge in [0.2, 0.25) is 5.91 Å². The van der Waals surface area contributed by atoms with Gasteiger partial charge in [0, 0.05) is 28.2 Å². The highest BCUT2D eigenvalue weighted by Gasteiger charge is 2.30. The number of fused-ring (bicyclic) bond motifs is 1. The molecule has 1 saturated carbocycles. The fourth-order valence-corrected chi connectivity index (χ4v) is 4.75. The average Bonchev–Trinajstić information content (AvgIpc) is 2.75. The summed E-state index contributed by atoms with van der Waals surface area (Å²) >= 11 is 6.17. The standard InChI is InChI=1S/C25H26ClFN2O/c1-15-3-9-20(14-23(15)26)29-25(30)16(2)17-4-6-18(7-5-17)21-11-12-28-24-10-8-19(27)13-22(21)24/h3,8-14,16-18H,4-7H2,1-2H3,(H,29,30)/t16-,17-,18+/m1/s1. The minimum atomic E-state index is -0.230. The van der Waals surface area contributed by atoms with E-state index in [0.29, 0.717) is 16.9 Å². The summed E-state index contributed by atoms with van der Waals surface area (Å²) < 4.78 is 13.8. The van der Waals surface area contributed by atoms with Gasteiger partial charge in [-0.2, -0.15) is 0 Å². The fraction of sp³-hybridized carbons (Fsp3) is 0.360. The Morgan fingerprint density at radius 1 is 1.13 bits per heavy atom. The maximum Gasteiger partial charge on any atom is 0.227 e. The lowest BCUT2D eigenvalue weighted by atomic mass is 9.73. The second-order valence-corrected chi connectivity index (χ2v) is 8.82. The predicted molar refractivity (Wildman–Crippen MR) is 120 cm³/mol. The summed E-state index contributed by atoms with van der Waals surface area (Å²) in [6.07, 6.45) is 5.76. The monoisotopic (exact) mass is 424 g/mol. The summed E-state index contributed by atoms with van der Waals surface area (Å²) in [4.78, 5) is 17.1. The Balaban J connectivity index is 1.41. The summed E-state index contributed by atoms with van der Waals surface area (Å²) in [7, 11) is 0. The van der Waals surface area contributed by atoms with Crippen molar-refractivity contribution >= 4 is 34.1 Å². The van der Waals surface area contributed by atoms with Crippen LogP contribution in [0.3, 0.4) is 0 Å². The zero-order valence-electron chi connectivity index (χ0n) is 17.3. The van der Waals surface area contributed by atoms with Crippen LogP contribution in [0.4, 0.5) is 10.1 Å². The molecule has 0 unspecified atom stereocenters. The Bertz CT molecular complexity index is 1080. The van der Waals surface area contributed by atoms with Crippen molar-refractivity contribution in [2.75, 3.05) is 5.32 Å². The highest BCUT2D eigenvalue weighted by molar-refractivity contribution is 6.31. The summed E-state index contributed by atoms with van der Waals surface area (Å²) in [6, 6.07) is 12.4. The number of pyridine rings is 1. The van der Waals surface area contributed by atoms with Crippen molar-refractivity contribution in [2.45, 2.75) is 45.4 Å². The van der Waals surface area contributed by atoms with Crippen LogP contribution in [-0.4, -0.2) is 10.9 Å². The van der Waals surface area contributed by atoms with Crippen molar-refractivity contribution in [3.8, 4) is 0 Å². The molecule has 2 aromatic carbocycles. The lowest BCUT2D eigenvalue weighted by molar-refractivity contribution is -0.121. The molecule has 0 bridgehead atoms. The van der Waals surface area contributed by atoms with E-state index in [9.17, 15) is 9.18 Å². The quantitative estimate of drug-likeness (QED) is 0.495. The van der Waals surface area contributed by atoms with E-state index in [0.717, 1.165) is 47.8 Å². The van der Waals surface area contributed by atoms with Gasteiger partial charge in [-0.05, 0) is 92.0 Å². The molecule has 156 valence electrons. The number of carbonyl (C=O) groups excluding carboxylic acids is 1. The lowest BCUT2D eigenvalue weighted by Gasteiger charge is -2.32. The van der Waals surface area contributed by atoms with E-state index in [2.05, 4.69) is 10.3 Å². The number of hydrogen-bond acceptors (Lipinski definition) is 2. The second-order valence-electron chi connectivity index (χ2n) is 8.42. The first-order chi connectivity index (χ1) is 14.4. The van der Waals surface area contributed by atoms with E-state index >= 15 is 0 Å². The third-order valence-corrected chi connectivity index (χ3v) is 6.92. The number of rotatable bonds is 4. The first-order valence-corrected chi connectivity index (χ1v) is 10.9. The zero-order valence-corrected chi connectivity index (χ0v) is 18.0. The molecular weight excluding hydrogens is 399 g/mol. The summed E-state index contributed by atoms with van der Waals surface area (Å²) in [5.41, 5.74) is 3.73. The lowest BCUT2D eigenvalue weighted by Crippen LogP contribution is -2.29. The SMILES string of the molecule is Cc1ccc(NC(=O)[C@H](C)[C@H]2CC[C@@H](c3ccnc4ccc(F)cc43)CC2)cc1Cl. The first-order valence-electron chi connectivity index (χ1n) is 10.5. The molecule has 3 aromatic rings. The van der Waals surface area contributed by atoms with Gasteiger partial charge >= 0.3 is 0 Å². The van der Waals surface area contributed by atoms with E-state index in [4.69, 9.17) is 11.6 Å². The van der Waals surface area contributed by atoms with Gasteiger partial charge in [0.1, 0.15) is 5.82 Å². The third kappa shape index (κ3) is 4.34. The Labute approximate surface area is 181 Å². The van der Waals surface area contributed by atoms with Crippen LogP contribution in [0.5, 0.6) is 0 Å². The second kappa shape index (κ2) is 8.73. The van der Waals surface area contributed by atoms with Crippen molar-refractivity contribution in [3.63, 3.8) is 0 Å². The minimum Gasteiger partial charge on any atom is -0.326 e. The average molecular weight is 425 g/mol. The molecule has 0 spiro atoms. The van der Waals surface area contributed by atoms with Crippen LogP contribution in [0.1, 0.15) is 49.7 Å². The van der Waals surface area contributed by atoms with Crippen LogP contribution in [0.15, 0.2) is 48.7 Å². The van der Waals surface area contributed by atoms with Gasteiger partial charge in [-0.1, -0.05) is 24.6 Å². The molecule has 0 radical (unpaired) electrons. The topological polar surface area (TPSA) is 42.0 Å². The van der Waals surface area contributed by atoms with Crippen LogP contribution in [0.25, 0.3) is 10.9 Å². The molecule has 1 N–H and O–H groups in total. The molecule has 0 aliphatic heterocycles. The summed E-state index contributed by atoms with van der Waals surface area (Å²) in [5.74, 6) is 0.450. The van der Waals surface area contributed by atoms with Crippen molar-refractivity contribution in [3.05, 3.63) is 70.6 Å². The summed E-state index contributed by atoms with van der Waals surface area (Å²) in [5, 5.41) is 4.57. The van der Waals surface area contributed by atoms with E-state index in [1.807, 2.05) is 38.2 Å². The number of nitrogens with one attached hydrogen (secondary N) is 1. The van der Waals surface area contributed by atoms with Crippen LogP contribution in [-0.2, 0) is 4.79 Å². The largest absolute Gasteiger partial charge is 0.326 e. The van der Waals surface area contributed by atoms with Crippen LogP contribution in [0.2, 0.25) is 5.02 Å². The van der Waals surface area contributed by atoms with Crippen molar-refractivity contribution < 1.29 is 9.18 Å². The number of anilines is 1. The van der Waals surface area contributed by atoms with Gasteiger partial charge < -0.3 is 5.32 Å². The van der Waals surface area contributed by atoms with Gasteiger partial charge in [0.05, 0.1) is 5.52 Å². The fourth-order valence-electron chi connectivity index (χ4n) is 4.57. The molecule has 3 nitrogen and oxygen atoms in total. The maximum absolute atomic E-state index is 13.8. The number of carbonyl (C=O) groups is 1. The molecule has 30 heavy (non-hydrogen) atoms. The Hall–Kier alpha value is -2.46. The van der Waals surface area contributed by atoms with Gasteiger partial charge in [-0.25, -0.2) is 4.39 Å². The highest BCUT2D eigenvalue weighted by Crippen LogP contribution is 2.41. The first kappa shape index (κ1) is 20.8. The molecule has 1 aromatic heterocycles. The van der Waals surface area contributed by atoms with Crippen LogP contribution < -0.4 is 5.32 Å². The van der Waals surface area contributed by atoms with Gasteiger partial charge in [-0.15, -0.1) is 0 Å². The number of aromatic nitrogens is 1. The molecule has 1 heterocycles. The number of benzene rings is 2. The molecule has 4 rings (SSSR count). The number of halogens is 2. The van der Waals surface area contributed by atoms with Crippen molar-refractivity contribution in [1.29, 1.82) is 0 Å². The van der Waals surface area contributed by atoms with Crippen molar-refractivity contribution in [1.82, 2.24) is 4.98 Å². The van der Waals surface area contributed by atoms with E-state index in [1.165, 1.54) is 11.6 Å². The molecule has 1 atom stereocenters. The van der Waals surface area contributed by atoms with Gasteiger partial charge in [-0.3, -0.25) is 9.78 Å². The molecule has 1 aliphatic rings. The van der Waals surface area contributed by atoms with Crippen LogP contribution in [0, 0.1) is 24.6 Å². The van der Waals surface area contributed by atoms with E-state index in [-0.39, 0.29) is 17.6 Å².